The molecule has 2 aromatic rings. The molecule has 2 aromatic carbocycles. The van der Waals surface area contributed by atoms with Gasteiger partial charge in [-0.3, -0.25) is 0 Å². The van der Waals surface area contributed by atoms with Crippen molar-refractivity contribution in [3.8, 4) is 18.1 Å². The fraction of sp³-hybridized carbons (Fsp3) is 0.0714. The SMILES string of the molecule is C#N.c1ccc2c(c1)Cc1ccccc1O2. The van der Waals surface area contributed by atoms with E-state index in [0.29, 0.717) is 0 Å². The maximum Gasteiger partial charge on any atom is 0.130 e. The summed E-state index contributed by atoms with van der Waals surface area (Å²) >= 11 is 0. The molecule has 1 heterocycles. The molecule has 1 aliphatic heterocycles. The molecule has 0 fully saturated rings. The number of ether oxygens (including phenoxy) is 1. The molecule has 0 N–H and O–H groups in total. The first-order valence-electron chi connectivity index (χ1n) is 5.03. The van der Waals surface area contributed by atoms with Crippen molar-refractivity contribution in [1.29, 1.82) is 5.26 Å². The van der Waals surface area contributed by atoms with Crippen LogP contribution in [0.25, 0.3) is 0 Å². The molecule has 3 rings (SSSR count). The average Bonchev–Trinajstić information content (AvgIpc) is 2.38. The molecule has 0 unspecified atom stereocenters. The molecule has 0 bridgehead atoms. The first-order chi connectivity index (χ1) is 7.93. The number of fused-ring (bicyclic) bond motifs is 2. The van der Waals surface area contributed by atoms with E-state index in [1.54, 1.807) is 0 Å². The normalized spacial score (nSPS) is 11.1. The van der Waals surface area contributed by atoms with Gasteiger partial charge >= 0.3 is 0 Å². The molecule has 16 heavy (non-hydrogen) atoms. The summed E-state index contributed by atoms with van der Waals surface area (Å²) in [6.45, 7) is 3.50. The Hall–Kier alpha value is -2.27. The zero-order valence-electron chi connectivity index (χ0n) is 8.76. The minimum Gasteiger partial charge on any atom is -0.457 e. The van der Waals surface area contributed by atoms with E-state index in [4.69, 9.17) is 10.00 Å². The highest BCUT2D eigenvalue weighted by Gasteiger charge is 2.14. The van der Waals surface area contributed by atoms with Gasteiger partial charge in [-0.15, -0.1) is 0 Å². The first kappa shape index (κ1) is 10.3. The Labute approximate surface area is 94.7 Å². The van der Waals surface area contributed by atoms with Gasteiger partial charge in [-0.1, -0.05) is 36.4 Å². The minimum atomic E-state index is 0.979. The van der Waals surface area contributed by atoms with E-state index in [0.717, 1.165) is 17.9 Å². The third-order valence-corrected chi connectivity index (χ3v) is 2.55. The summed E-state index contributed by atoms with van der Waals surface area (Å²) in [7, 11) is 0. The molecule has 0 aromatic heterocycles. The maximum absolute atomic E-state index is 6.50. The molecule has 0 atom stereocenters. The van der Waals surface area contributed by atoms with Crippen LogP contribution in [-0.2, 0) is 6.42 Å². The van der Waals surface area contributed by atoms with Crippen molar-refractivity contribution >= 4 is 0 Å². The summed E-state index contributed by atoms with van der Waals surface area (Å²) in [6, 6.07) is 16.4. The lowest BCUT2D eigenvalue weighted by molar-refractivity contribution is 0.460. The lowest BCUT2D eigenvalue weighted by Crippen LogP contribution is -2.01. The Bertz CT molecular complexity index is 429. The third kappa shape index (κ3) is 1.76. The second-order valence-electron chi connectivity index (χ2n) is 3.49. The first-order valence-corrected chi connectivity index (χ1v) is 5.03. The molecular weight excluding hydrogens is 198 g/mol. The van der Waals surface area contributed by atoms with Crippen LogP contribution in [0.3, 0.4) is 0 Å². The largest absolute Gasteiger partial charge is 0.457 e. The van der Waals surface area contributed by atoms with Crippen molar-refractivity contribution < 1.29 is 4.74 Å². The van der Waals surface area contributed by atoms with Crippen LogP contribution >= 0.6 is 0 Å². The molecule has 0 saturated carbocycles. The minimum absolute atomic E-state index is 0.979. The monoisotopic (exact) mass is 209 g/mol. The van der Waals surface area contributed by atoms with E-state index in [9.17, 15) is 0 Å². The highest BCUT2D eigenvalue weighted by Crippen LogP contribution is 2.35. The molecular formula is C14H11NO. The highest BCUT2D eigenvalue weighted by molar-refractivity contribution is 5.49. The lowest BCUT2D eigenvalue weighted by Gasteiger charge is -2.19. The number of hydrogen-bond donors (Lipinski definition) is 0. The molecule has 1 aliphatic rings. The lowest BCUT2D eigenvalue weighted by atomic mass is 10.0. The third-order valence-electron chi connectivity index (χ3n) is 2.55. The molecule has 0 spiro atoms. The van der Waals surface area contributed by atoms with Crippen LogP contribution < -0.4 is 4.74 Å². The summed E-state index contributed by atoms with van der Waals surface area (Å²) in [6.07, 6.45) is 0.979. The van der Waals surface area contributed by atoms with Gasteiger partial charge in [0.05, 0.1) is 0 Å². The molecule has 0 saturated heterocycles. The van der Waals surface area contributed by atoms with Crippen molar-refractivity contribution in [2.45, 2.75) is 6.42 Å². The highest BCUT2D eigenvalue weighted by atomic mass is 16.5. The van der Waals surface area contributed by atoms with Crippen LogP contribution in [0, 0.1) is 11.8 Å². The van der Waals surface area contributed by atoms with Gasteiger partial charge in [-0.2, -0.15) is 0 Å². The number of para-hydroxylation sites is 2. The Morgan fingerprint density at radius 2 is 1.25 bits per heavy atom. The Morgan fingerprint density at radius 1 is 0.812 bits per heavy atom. The predicted octanol–water partition coefficient (Wildman–Crippen LogP) is 3.52. The standard InChI is InChI=1S/C13H10O.CHN/c1-3-7-12-10(5-1)9-11-6-2-4-8-13(11)14-12;1-2/h1-8H,9H2;1H. The van der Waals surface area contributed by atoms with E-state index < -0.39 is 0 Å². The van der Waals surface area contributed by atoms with Gasteiger partial charge in [-0.05, 0) is 23.3 Å². The summed E-state index contributed by atoms with van der Waals surface area (Å²) in [5.41, 5.74) is 2.54. The second kappa shape index (κ2) is 4.50. The average molecular weight is 209 g/mol. The summed E-state index contributed by atoms with van der Waals surface area (Å²) < 4.78 is 5.78. The molecule has 0 radical (unpaired) electrons. The van der Waals surface area contributed by atoms with Crippen LogP contribution in [0.5, 0.6) is 11.5 Å². The predicted molar refractivity (Wildman–Crippen MR) is 62.4 cm³/mol. The van der Waals surface area contributed by atoms with Gasteiger partial charge in [0.2, 0.25) is 0 Å². The van der Waals surface area contributed by atoms with Gasteiger partial charge < -0.3 is 4.74 Å². The van der Waals surface area contributed by atoms with Crippen LogP contribution in [-0.4, -0.2) is 0 Å². The number of benzene rings is 2. The number of nitrogens with zero attached hydrogens (tertiary/aromatic N) is 1. The van der Waals surface area contributed by atoms with Crippen molar-refractivity contribution in [3.63, 3.8) is 0 Å². The number of hydrogen-bond acceptors (Lipinski definition) is 2. The quantitative estimate of drug-likeness (QED) is 0.567. The molecule has 78 valence electrons. The van der Waals surface area contributed by atoms with E-state index >= 15 is 0 Å². The fourth-order valence-corrected chi connectivity index (χ4v) is 1.82. The molecule has 2 nitrogen and oxygen atoms in total. The summed E-state index contributed by atoms with van der Waals surface area (Å²) in [4.78, 5) is 0. The number of nitriles is 1. The van der Waals surface area contributed by atoms with Crippen LogP contribution in [0.15, 0.2) is 48.5 Å². The van der Waals surface area contributed by atoms with Gasteiger partial charge in [0, 0.05) is 13.0 Å². The second-order valence-corrected chi connectivity index (χ2v) is 3.49. The molecule has 0 amide bonds. The van der Waals surface area contributed by atoms with E-state index in [2.05, 4.69) is 30.8 Å². The van der Waals surface area contributed by atoms with Crippen molar-refractivity contribution in [3.05, 3.63) is 59.7 Å². The van der Waals surface area contributed by atoms with E-state index in [-0.39, 0.29) is 0 Å². The fourth-order valence-electron chi connectivity index (χ4n) is 1.82. The topological polar surface area (TPSA) is 33.0 Å². The summed E-state index contributed by atoms with van der Waals surface area (Å²) in [5, 5.41) is 6.50. The van der Waals surface area contributed by atoms with Crippen LogP contribution in [0.4, 0.5) is 0 Å². The molecule has 0 aliphatic carbocycles. The van der Waals surface area contributed by atoms with Gasteiger partial charge in [0.1, 0.15) is 11.5 Å². The van der Waals surface area contributed by atoms with Crippen LogP contribution in [0.2, 0.25) is 0 Å². The van der Waals surface area contributed by atoms with Gasteiger partial charge in [0.15, 0.2) is 0 Å². The van der Waals surface area contributed by atoms with Gasteiger partial charge in [0.25, 0.3) is 0 Å². The van der Waals surface area contributed by atoms with Crippen molar-refractivity contribution in [2.75, 3.05) is 0 Å². The Kier molecular flexibility index (Phi) is 2.88. The van der Waals surface area contributed by atoms with Crippen LogP contribution in [0.1, 0.15) is 11.1 Å². The van der Waals surface area contributed by atoms with Gasteiger partial charge in [-0.25, -0.2) is 5.26 Å². The number of rotatable bonds is 0. The smallest absolute Gasteiger partial charge is 0.130 e. The maximum atomic E-state index is 6.50. The Balaban J connectivity index is 0.000000457. The van der Waals surface area contributed by atoms with E-state index in [1.807, 2.05) is 24.3 Å². The Morgan fingerprint density at radius 3 is 1.75 bits per heavy atom. The van der Waals surface area contributed by atoms with Crippen molar-refractivity contribution in [1.82, 2.24) is 0 Å². The summed E-state index contributed by atoms with van der Waals surface area (Å²) in [5.74, 6) is 1.98. The van der Waals surface area contributed by atoms with E-state index in [1.165, 1.54) is 11.1 Å². The van der Waals surface area contributed by atoms with Crippen molar-refractivity contribution in [2.24, 2.45) is 0 Å². The zero-order valence-corrected chi connectivity index (χ0v) is 8.76. The zero-order chi connectivity index (χ0) is 11.4. The molecule has 2 heteroatoms.